The maximum absolute atomic E-state index is 6.10. The number of halogens is 1. The molecule has 0 bridgehead atoms. The average molecular weight is 349 g/mol. The molecule has 130 valence electrons. The number of piperazine rings is 1. The number of anilines is 1. The van der Waals surface area contributed by atoms with Gasteiger partial charge in [0.25, 0.3) is 0 Å². The van der Waals surface area contributed by atoms with Gasteiger partial charge in [0.2, 0.25) is 5.89 Å². The molecule has 1 aromatic heterocycles. The fourth-order valence-corrected chi connectivity index (χ4v) is 3.09. The first kappa shape index (κ1) is 17.2. The Morgan fingerprint density at radius 3 is 2.46 bits per heavy atom. The highest BCUT2D eigenvalue weighted by Crippen LogP contribution is 2.26. The number of benzene rings is 1. The molecular formula is C18H25ClN4O. The zero-order valence-electron chi connectivity index (χ0n) is 14.8. The first-order chi connectivity index (χ1) is 11.3. The monoisotopic (exact) mass is 348 g/mol. The van der Waals surface area contributed by atoms with Crippen molar-refractivity contribution in [3.8, 4) is 0 Å². The van der Waals surface area contributed by atoms with Gasteiger partial charge in [0.15, 0.2) is 5.82 Å². The molecule has 1 atom stereocenters. The second-order valence-electron chi connectivity index (χ2n) is 7.39. The molecule has 0 radical (unpaired) electrons. The van der Waals surface area contributed by atoms with Crippen LogP contribution in [0.15, 0.2) is 28.8 Å². The van der Waals surface area contributed by atoms with Gasteiger partial charge in [-0.1, -0.05) is 43.6 Å². The zero-order valence-corrected chi connectivity index (χ0v) is 15.5. The molecule has 1 aliphatic heterocycles. The van der Waals surface area contributed by atoms with Gasteiger partial charge in [-0.25, -0.2) is 0 Å². The fourth-order valence-electron chi connectivity index (χ4n) is 2.91. The Morgan fingerprint density at radius 2 is 1.88 bits per heavy atom. The summed E-state index contributed by atoms with van der Waals surface area (Å²) in [7, 11) is 0. The molecular weight excluding hydrogens is 324 g/mol. The van der Waals surface area contributed by atoms with E-state index >= 15 is 0 Å². The van der Waals surface area contributed by atoms with Crippen molar-refractivity contribution in [3.63, 3.8) is 0 Å². The number of nitrogens with zero attached hydrogens (tertiary/aromatic N) is 4. The molecule has 24 heavy (non-hydrogen) atoms. The van der Waals surface area contributed by atoms with Crippen molar-refractivity contribution in [2.75, 3.05) is 31.1 Å². The molecule has 0 saturated carbocycles. The summed E-state index contributed by atoms with van der Waals surface area (Å²) in [5, 5.41) is 4.92. The van der Waals surface area contributed by atoms with Crippen LogP contribution < -0.4 is 4.90 Å². The van der Waals surface area contributed by atoms with Gasteiger partial charge in [-0.3, -0.25) is 4.90 Å². The van der Waals surface area contributed by atoms with E-state index in [0.29, 0.717) is 5.89 Å². The van der Waals surface area contributed by atoms with Crippen molar-refractivity contribution in [2.24, 2.45) is 0 Å². The van der Waals surface area contributed by atoms with E-state index in [-0.39, 0.29) is 11.5 Å². The van der Waals surface area contributed by atoms with Crippen LogP contribution in [0.3, 0.4) is 0 Å². The normalized spacial score (nSPS) is 18.0. The lowest BCUT2D eigenvalue weighted by atomic mass is 9.96. The third kappa shape index (κ3) is 3.73. The maximum atomic E-state index is 6.10. The topological polar surface area (TPSA) is 45.4 Å². The Labute approximate surface area is 148 Å². The van der Waals surface area contributed by atoms with Gasteiger partial charge < -0.3 is 9.42 Å². The lowest BCUT2D eigenvalue weighted by Crippen LogP contribution is -2.47. The second-order valence-corrected chi connectivity index (χ2v) is 7.82. The molecule has 0 spiro atoms. The SMILES string of the molecule is C[C@H](c1nc(C(C)(C)C)no1)N1CCN(c2cccc(Cl)c2)CC1. The Bertz CT molecular complexity index is 686. The summed E-state index contributed by atoms with van der Waals surface area (Å²) < 4.78 is 5.50. The highest BCUT2D eigenvalue weighted by atomic mass is 35.5. The van der Waals surface area contributed by atoms with Crippen LogP contribution in [0.2, 0.25) is 5.02 Å². The van der Waals surface area contributed by atoms with Crippen molar-refractivity contribution in [1.82, 2.24) is 15.0 Å². The molecule has 6 heteroatoms. The summed E-state index contributed by atoms with van der Waals surface area (Å²) in [4.78, 5) is 9.35. The summed E-state index contributed by atoms with van der Waals surface area (Å²) in [6, 6.07) is 8.17. The van der Waals surface area contributed by atoms with Crippen molar-refractivity contribution in [1.29, 1.82) is 0 Å². The number of rotatable bonds is 3. The molecule has 1 aromatic carbocycles. The van der Waals surface area contributed by atoms with Crippen LogP contribution in [0.5, 0.6) is 0 Å². The van der Waals surface area contributed by atoms with E-state index < -0.39 is 0 Å². The van der Waals surface area contributed by atoms with Gasteiger partial charge in [0.1, 0.15) is 0 Å². The standard InChI is InChI=1S/C18H25ClN4O/c1-13(16-20-17(21-24-16)18(2,3)4)22-8-10-23(11-9-22)15-7-5-6-14(19)12-15/h5-7,12-13H,8-11H2,1-4H3/t13-/m1/s1. The van der Waals surface area contributed by atoms with Gasteiger partial charge in [-0.15, -0.1) is 0 Å². The third-order valence-corrected chi connectivity index (χ3v) is 4.74. The van der Waals surface area contributed by atoms with Crippen LogP contribution in [0, 0.1) is 0 Å². The van der Waals surface area contributed by atoms with Crippen LogP contribution >= 0.6 is 11.6 Å². The van der Waals surface area contributed by atoms with E-state index in [9.17, 15) is 0 Å². The van der Waals surface area contributed by atoms with Crippen LogP contribution in [0.25, 0.3) is 0 Å². The molecule has 1 saturated heterocycles. The third-order valence-electron chi connectivity index (χ3n) is 4.51. The Morgan fingerprint density at radius 1 is 1.17 bits per heavy atom. The van der Waals surface area contributed by atoms with E-state index in [1.807, 2.05) is 18.2 Å². The number of aromatic nitrogens is 2. The van der Waals surface area contributed by atoms with Gasteiger partial charge >= 0.3 is 0 Å². The van der Waals surface area contributed by atoms with Gasteiger partial charge in [-0.05, 0) is 25.1 Å². The quantitative estimate of drug-likeness (QED) is 0.841. The molecule has 3 rings (SSSR count). The van der Waals surface area contributed by atoms with E-state index in [2.05, 4.69) is 53.7 Å². The number of hydrogen-bond donors (Lipinski definition) is 0. The zero-order chi connectivity index (χ0) is 17.3. The summed E-state index contributed by atoms with van der Waals surface area (Å²) in [5.41, 5.74) is 1.09. The van der Waals surface area contributed by atoms with Crippen LogP contribution in [0.1, 0.15) is 45.5 Å². The average Bonchev–Trinajstić information content (AvgIpc) is 3.04. The van der Waals surface area contributed by atoms with Crippen LogP contribution in [0.4, 0.5) is 5.69 Å². The minimum Gasteiger partial charge on any atom is -0.369 e. The summed E-state index contributed by atoms with van der Waals surface area (Å²) in [6.07, 6.45) is 0. The Kier molecular flexibility index (Phi) is 4.83. The van der Waals surface area contributed by atoms with E-state index in [1.54, 1.807) is 0 Å². The van der Waals surface area contributed by atoms with Crippen LogP contribution in [-0.4, -0.2) is 41.2 Å². The van der Waals surface area contributed by atoms with Gasteiger partial charge in [0.05, 0.1) is 6.04 Å². The lowest BCUT2D eigenvalue weighted by molar-refractivity contribution is 0.164. The summed E-state index contributed by atoms with van der Waals surface area (Å²) in [5.74, 6) is 1.47. The minimum absolute atomic E-state index is 0.0905. The van der Waals surface area contributed by atoms with Crippen molar-refractivity contribution >= 4 is 17.3 Å². The summed E-state index contributed by atoms with van der Waals surface area (Å²) in [6.45, 7) is 12.3. The van der Waals surface area contributed by atoms with E-state index in [4.69, 9.17) is 16.1 Å². The number of hydrogen-bond acceptors (Lipinski definition) is 5. The molecule has 2 aromatic rings. The van der Waals surface area contributed by atoms with Crippen molar-refractivity contribution in [2.45, 2.75) is 39.2 Å². The van der Waals surface area contributed by atoms with Crippen molar-refractivity contribution in [3.05, 3.63) is 41.0 Å². The minimum atomic E-state index is -0.0905. The molecule has 0 aliphatic carbocycles. The largest absolute Gasteiger partial charge is 0.369 e. The molecule has 2 heterocycles. The molecule has 1 fully saturated rings. The lowest BCUT2D eigenvalue weighted by Gasteiger charge is -2.38. The van der Waals surface area contributed by atoms with E-state index in [0.717, 1.165) is 37.0 Å². The Hall–Kier alpha value is -1.59. The predicted octanol–water partition coefficient (Wildman–Crippen LogP) is 3.90. The fraction of sp³-hybridized carbons (Fsp3) is 0.556. The molecule has 0 N–H and O–H groups in total. The molecule has 5 nitrogen and oxygen atoms in total. The highest BCUT2D eigenvalue weighted by Gasteiger charge is 2.28. The highest BCUT2D eigenvalue weighted by molar-refractivity contribution is 6.30. The maximum Gasteiger partial charge on any atom is 0.243 e. The van der Waals surface area contributed by atoms with Gasteiger partial charge in [-0.2, -0.15) is 4.98 Å². The van der Waals surface area contributed by atoms with Gasteiger partial charge in [0, 0.05) is 42.3 Å². The first-order valence-corrected chi connectivity index (χ1v) is 8.81. The predicted molar refractivity (Wildman–Crippen MR) is 96.7 cm³/mol. The van der Waals surface area contributed by atoms with Crippen molar-refractivity contribution < 1.29 is 4.52 Å². The smallest absolute Gasteiger partial charge is 0.243 e. The Balaban J connectivity index is 1.63. The van der Waals surface area contributed by atoms with E-state index in [1.165, 1.54) is 5.69 Å². The summed E-state index contributed by atoms with van der Waals surface area (Å²) >= 11 is 6.10. The molecule has 0 unspecified atom stereocenters. The molecule has 0 amide bonds. The first-order valence-electron chi connectivity index (χ1n) is 8.43. The van der Waals surface area contributed by atoms with Crippen LogP contribution in [-0.2, 0) is 5.41 Å². The molecule has 1 aliphatic rings. The second kappa shape index (κ2) is 6.73.